The summed E-state index contributed by atoms with van der Waals surface area (Å²) in [7, 11) is 1.97. The first-order valence-electron chi connectivity index (χ1n) is 9.28. The second-order valence-corrected chi connectivity index (χ2v) is 7.22. The molecular formula is C20H27N5O. The first-order chi connectivity index (χ1) is 12.5. The summed E-state index contributed by atoms with van der Waals surface area (Å²) in [5, 5.41) is 0. The minimum absolute atomic E-state index is 0.0193. The second kappa shape index (κ2) is 8.25. The van der Waals surface area contributed by atoms with E-state index in [1.165, 1.54) is 12.0 Å². The summed E-state index contributed by atoms with van der Waals surface area (Å²) in [6.07, 6.45) is 6.73. The number of rotatable bonds is 5. The van der Waals surface area contributed by atoms with Crippen molar-refractivity contribution < 1.29 is 4.79 Å². The van der Waals surface area contributed by atoms with Gasteiger partial charge in [0.05, 0.1) is 0 Å². The second-order valence-electron chi connectivity index (χ2n) is 7.22. The zero-order valence-electron chi connectivity index (χ0n) is 15.9. The average Bonchev–Trinajstić information content (AvgIpc) is 2.66. The largest absolute Gasteiger partial charge is 0.344 e. The van der Waals surface area contributed by atoms with Crippen molar-refractivity contribution in [3.05, 3.63) is 47.5 Å². The SMILES string of the molecule is Cc1cc(C(=O)N2CCCC(C)C2)nc(N(C)CCc2ccncc2)n1. The molecule has 1 aliphatic heterocycles. The van der Waals surface area contributed by atoms with Crippen LogP contribution in [-0.4, -0.2) is 52.4 Å². The predicted octanol–water partition coefficient (Wildman–Crippen LogP) is 2.73. The van der Waals surface area contributed by atoms with Crippen LogP contribution in [0.1, 0.15) is 41.5 Å². The van der Waals surface area contributed by atoms with E-state index in [2.05, 4.69) is 21.9 Å². The molecule has 2 aromatic rings. The van der Waals surface area contributed by atoms with Crippen LogP contribution in [0.5, 0.6) is 0 Å². The van der Waals surface area contributed by atoms with E-state index in [9.17, 15) is 4.79 Å². The minimum Gasteiger partial charge on any atom is -0.344 e. The van der Waals surface area contributed by atoms with E-state index < -0.39 is 0 Å². The van der Waals surface area contributed by atoms with Gasteiger partial charge in [-0.25, -0.2) is 9.97 Å². The van der Waals surface area contributed by atoms with Crippen LogP contribution in [0.3, 0.4) is 0 Å². The van der Waals surface area contributed by atoms with Crippen molar-refractivity contribution in [2.24, 2.45) is 5.92 Å². The molecule has 1 saturated heterocycles. The molecule has 26 heavy (non-hydrogen) atoms. The van der Waals surface area contributed by atoms with Crippen molar-refractivity contribution in [3.8, 4) is 0 Å². The quantitative estimate of drug-likeness (QED) is 0.827. The Kier molecular flexibility index (Phi) is 5.81. The molecule has 1 aliphatic rings. The molecule has 0 radical (unpaired) electrons. The van der Waals surface area contributed by atoms with Crippen LogP contribution in [0.15, 0.2) is 30.6 Å². The molecule has 0 N–H and O–H groups in total. The highest BCUT2D eigenvalue weighted by molar-refractivity contribution is 5.92. The van der Waals surface area contributed by atoms with Crippen LogP contribution >= 0.6 is 0 Å². The summed E-state index contributed by atoms with van der Waals surface area (Å²) in [4.78, 5) is 29.9. The highest BCUT2D eigenvalue weighted by Gasteiger charge is 2.24. The Labute approximate surface area is 155 Å². The van der Waals surface area contributed by atoms with Crippen LogP contribution in [-0.2, 0) is 6.42 Å². The summed E-state index contributed by atoms with van der Waals surface area (Å²) >= 11 is 0. The standard InChI is InChI=1S/C20H27N5O/c1-15-5-4-11-25(14-15)19(26)18-13-16(2)22-20(23-18)24(3)12-8-17-6-9-21-10-7-17/h6-7,9-10,13,15H,4-5,8,11-12,14H2,1-3H3. The number of aryl methyl sites for hydroxylation is 1. The average molecular weight is 353 g/mol. The maximum absolute atomic E-state index is 12.9. The summed E-state index contributed by atoms with van der Waals surface area (Å²) in [6.45, 7) is 6.52. The van der Waals surface area contributed by atoms with Gasteiger partial charge in [0, 0.05) is 44.8 Å². The fourth-order valence-corrected chi connectivity index (χ4v) is 3.32. The maximum atomic E-state index is 12.9. The highest BCUT2D eigenvalue weighted by Crippen LogP contribution is 2.18. The normalized spacial score (nSPS) is 17.2. The monoisotopic (exact) mass is 353 g/mol. The number of amides is 1. The molecule has 6 heteroatoms. The number of hydrogen-bond acceptors (Lipinski definition) is 5. The predicted molar refractivity (Wildman–Crippen MR) is 102 cm³/mol. The Morgan fingerprint density at radius 3 is 2.81 bits per heavy atom. The lowest BCUT2D eigenvalue weighted by Crippen LogP contribution is -2.39. The van der Waals surface area contributed by atoms with Gasteiger partial charge in [0.2, 0.25) is 5.95 Å². The van der Waals surface area contributed by atoms with Crippen molar-refractivity contribution >= 4 is 11.9 Å². The van der Waals surface area contributed by atoms with Crippen molar-refractivity contribution in [3.63, 3.8) is 0 Å². The Bertz CT molecular complexity index is 749. The molecule has 0 spiro atoms. The van der Waals surface area contributed by atoms with Crippen LogP contribution in [0.4, 0.5) is 5.95 Å². The van der Waals surface area contributed by atoms with E-state index in [4.69, 9.17) is 0 Å². The first kappa shape index (κ1) is 18.3. The summed E-state index contributed by atoms with van der Waals surface area (Å²) in [5.41, 5.74) is 2.54. The van der Waals surface area contributed by atoms with Gasteiger partial charge in [-0.05, 0) is 55.9 Å². The summed E-state index contributed by atoms with van der Waals surface area (Å²) in [5.74, 6) is 1.18. The fourth-order valence-electron chi connectivity index (χ4n) is 3.32. The minimum atomic E-state index is 0.0193. The molecule has 1 atom stereocenters. The molecule has 1 amide bonds. The third-order valence-corrected chi connectivity index (χ3v) is 4.83. The summed E-state index contributed by atoms with van der Waals surface area (Å²) < 4.78 is 0. The van der Waals surface area contributed by atoms with Crippen LogP contribution in [0.25, 0.3) is 0 Å². The van der Waals surface area contributed by atoms with Gasteiger partial charge in [-0.1, -0.05) is 6.92 Å². The molecular weight excluding hydrogens is 326 g/mol. The number of carbonyl (C=O) groups is 1. The van der Waals surface area contributed by atoms with Gasteiger partial charge in [0.15, 0.2) is 0 Å². The number of nitrogens with zero attached hydrogens (tertiary/aromatic N) is 5. The number of carbonyl (C=O) groups excluding carboxylic acids is 1. The van der Waals surface area contributed by atoms with Gasteiger partial charge in [0.25, 0.3) is 5.91 Å². The van der Waals surface area contributed by atoms with Crippen molar-refractivity contribution in [1.82, 2.24) is 19.9 Å². The number of likely N-dealkylation sites (N-methyl/N-ethyl adjacent to an activating group) is 1. The number of hydrogen-bond donors (Lipinski definition) is 0. The van der Waals surface area contributed by atoms with E-state index in [0.717, 1.165) is 38.2 Å². The molecule has 0 aliphatic carbocycles. The number of piperidine rings is 1. The Balaban J connectivity index is 1.71. The third kappa shape index (κ3) is 4.56. The Hall–Kier alpha value is -2.50. The smallest absolute Gasteiger partial charge is 0.272 e. The van der Waals surface area contributed by atoms with E-state index in [0.29, 0.717) is 17.6 Å². The van der Waals surface area contributed by atoms with Gasteiger partial charge in [-0.15, -0.1) is 0 Å². The Morgan fingerprint density at radius 1 is 1.31 bits per heavy atom. The van der Waals surface area contributed by atoms with Crippen molar-refractivity contribution in [2.45, 2.75) is 33.1 Å². The lowest BCUT2D eigenvalue weighted by atomic mass is 10.00. The van der Waals surface area contributed by atoms with Gasteiger partial charge in [-0.3, -0.25) is 9.78 Å². The molecule has 1 fully saturated rings. The van der Waals surface area contributed by atoms with Crippen LogP contribution < -0.4 is 4.90 Å². The zero-order valence-corrected chi connectivity index (χ0v) is 15.9. The number of pyridine rings is 1. The molecule has 138 valence electrons. The molecule has 3 rings (SSSR count). The van der Waals surface area contributed by atoms with Crippen LogP contribution in [0, 0.1) is 12.8 Å². The van der Waals surface area contributed by atoms with Gasteiger partial charge < -0.3 is 9.80 Å². The zero-order chi connectivity index (χ0) is 18.5. The number of aromatic nitrogens is 3. The van der Waals surface area contributed by atoms with Crippen molar-refractivity contribution in [1.29, 1.82) is 0 Å². The topological polar surface area (TPSA) is 62.2 Å². The third-order valence-electron chi connectivity index (χ3n) is 4.83. The fraction of sp³-hybridized carbons (Fsp3) is 0.500. The molecule has 3 heterocycles. The first-order valence-corrected chi connectivity index (χ1v) is 9.28. The van der Waals surface area contributed by atoms with Gasteiger partial charge >= 0.3 is 0 Å². The van der Waals surface area contributed by atoms with Gasteiger partial charge in [0.1, 0.15) is 5.69 Å². The van der Waals surface area contributed by atoms with E-state index >= 15 is 0 Å². The lowest BCUT2D eigenvalue weighted by Gasteiger charge is -2.30. The van der Waals surface area contributed by atoms with Crippen LogP contribution in [0.2, 0.25) is 0 Å². The van der Waals surface area contributed by atoms with E-state index in [1.807, 2.05) is 35.9 Å². The number of likely N-dealkylation sites (tertiary alicyclic amines) is 1. The Morgan fingerprint density at radius 2 is 2.08 bits per heavy atom. The molecule has 2 aromatic heterocycles. The highest BCUT2D eigenvalue weighted by atomic mass is 16.2. The van der Waals surface area contributed by atoms with E-state index in [1.54, 1.807) is 18.5 Å². The number of anilines is 1. The molecule has 0 saturated carbocycles. The lowest BCUT2D eigenvalue weighted by molar-refractivity contribution is 0.0677. The molecule has 1 unspecified atom stereocenters. The molecule has 0 bridgehead atoms. The molecule has 6 nitrogen and oxygen atoms in total. The van der Waals surface area contributed by atoms with Gasteiger partial charge in [-0.2, -0.15) is 0 Å². The van der Waals surface area contributed by atoms with Crippen molar-refractivity contribution in [2.75, 3.05) is 31.6 Å². The maximum Gasteiger partial charge on any atom is 0.272 e. The molecule has 0 aromatic carbocycles. The van der Waals surface area contributed by atoms with E-state index in [-0.39, 0.29) is 5.91 Å². The summed E-state index contributed by atoms with van der Waals surface area (Å²) in [6, 6.07) is 5.82.